The Labute approximate surface area is 236 Å². The molecular formula is C29H27BrN4O4S. The van der Waals surface area contributed by atoms with Crippen LogP contribution in [0.4, 0.5) is 11.4 Å². The van der Waals surface area contributed by atoms with E-state index in [9.17, 15) is 18.5 Å². The van der Waals surface area contributed by atoms with Crippen molar-refractivity contribution >= 4 is 43.5 Å². The lowest BCUT2D eigenvalue weighted by Gasteiger charge is -2.30. The van der Waals surface area contributed by atoms with E-state index < -0.39 is 14.9 Å². The maximum absolute atomic E-state index is 12.9. The highest BCUT2D eigenvalue weighted by Gasteiger charge is 2.23. The van der Waals surface area contributed by atoms with Crippen molar-refractivity contribution in [1.82, 2.24) is 4.72 Å². The zero-order valence-electron chi connectivity index (χ0n) is 21.1. The monoisotopic (exact) mass is 606 g/mol. The summed E-state index contributed by atoms with van der Waals surface area (Å²) in [7, 11) is -3.69. The highest BCUT2D eigenvalue weighted by Crippen LogP contribution is 2.32. The van der Waals surface area contributed by atoms with Gasteiger partial charge in [-0.1, -0.05) is 64.0 Å². The SMILES string of the molecule is Cc1ccc(S(=O)(=O)NCCC(c2cccc(Br)c2)N(/N=C/c2ccc([N+](=O)[O-])cc2)c2ccccc2)cc1. The molecule has 0 radical (unpaired) electrons. The van der Waals surface area contributed by atoms with Crippen LogP contribution in [0.1, 0.15) is 29.2 Å². The molecule has 0 bridgehead atoms. The van der Waals surface area contributed by atoms with Gasteiger partial charge in [-0.05, 0) is 73.0 Å². The minimum atomic E-state index is -3.69. The van der Waals surface area contributed by atoms with Crippen molar-refractivity contribution in [1.29, 1.82) is 0 Å². The summed E-state index contributed by atoms with van der Waals surface area (Å²) < 4.78 is 29.5. The van der Waals surface area contributed by atoms with Gasteiger partial charge in [0.1, 0.15) is 0 Å². The Morgan fingerprint density at radius 2 is 1.67 bits per heavy atom. The smallest absolute Gasteiger partial charge is 0.258 e. The molecule has 0 saturated carbocycles. The first-order valence-corrected chi connectivity index (χ1v) is 14.4. The third kappa shape index (κ3) is 7.60. The van der Waals surface area contributed by atoms with Crippen molar-refractivity contribution in [3.8, 4) is 0 Å². The molecular weight excluding hydrogens is 580 g/mol. The number of hydrazone groups is 1. The van der Waals surface area contributed by atoms with E-state index in [1.807, 2.05) is 66.5 Å². The van der Waals surface area contributed by atoms with E-state index in [0.717, 1.165) is 21.3 Å². The van der Waals surface area contributed by atoms with Crippen molar-refractivity contribution in [2.24, 2.45) is 5.10 Å². The predicted octanol–water partition coefficient (Wildman–Crippen LogP) is 6.62. The summed E-state index contributed by atoms with van der Waals surface area (Å²) in [6, 6.07) is 29.9. The number of nitrogens with one attached hydrogen (secondary N) is 1. The van der Waals surface area contributed by atoms with Crippen molar-refractivity contribution < 1.29 is 13.3 Å². The number of aryl methyl sites for hydroxylation is 1. The van der Waals surface area contributed by atoms with Gasteiger partial charge in [0.05, 0.1) is 27.8 Å². The number of halogens is 1. The molecule has 200 valence electrons. The normalized spacial score (nSPS) is 12.4. The zero-order valence-corrected chi connectivity index (χ0v) is 23.5. The molecule has 1 atom stereocenters. The first kappa shape index (κ1) is 28.2. The Morgan fingerprint density at radius 1 is 0.974 bits per heavy atom. The van der Waals surface area contributed by atoms with Crippen LogP contribution in [0.3, 0.4) is 0 Å². The molecule has 10 heteroatoms. The number of anilines is 1. The molecule has 4 rings (SSSR count). The number of benzene rings is 4. The highest BCUT2D eigenvalue weighted by molar-refractivity contribution is 9.10. The fourth-order valence-corrected chi connectivity index (χ4v) is 5.46. The lowest BCUT2D eigenvalue weighted by atomic mass is 10.0. The first-order chi connectivity index (χ1) is 18.7. The molecule has 0 aromatic heterocycles. The van der Waals surface area contributed by atoms with Gasteiger partial charge < -0.3 is 0 Å². The Balaban J connectivity index is 1.65. The van der Waals surface area contributed by atoms with Crippen LogP contribution in [0, 0.1) is 17.0 Å². The first-order valence-electron chi connectivity index (χ1n) is 12.2. The third-order valence-corrected chi connectivity index (χ3v) is 8.00. The largest absolute Gasteiger partial charge is 0.269 e. The van der Waals surface area contributed by atoms with E-state index in [4.69, 9.17) is 5.10 Å². The minimum Gasteiger partial charge on any atom is -0.258 e. The highest BCUT2D eigenvalue weighted by atomic mass is 79.9. The molecule has 0 spiro atoms. The van der Waals surface area contributed by atoms with Gasteiger partial charge in [-0.3, -0.25) is 15.1 Å². The second-order valence-corrected chi connectivity index (χ2v) is 11.5. The fraction of sp³-hybridized carbons (Fsp3) is 0.138. The van der Waals surface area contributed by atoms with Crippen molar-refractivity contribution in [3.63, 3.8) is 0 Å². The molecule has 0 saturated heterocycles. The van der Waals surface area contributed by atoms with E-state index in [2.05, 4.69) is 20.7 Å². The average Bonchev–Trinajstić information content (AvgIpc) is 2.93. The van der Waals surface area contributed by atoms with Crippen molar-refractivity contribution in [2.75, 3.05) is 11.6 Å². The van der Waals surface area contributed by atoms with Gasteiger partial charge >= 0.3 is 0 Å². The number of para-hydroxylation sites is 1. The van der Waals surface area contributed by atoms with Gasteiger partial charge in [-0.2, -0.15) is 5.10 Å². The molecule has 0 heterocycles. The summed E-state index contributed by atoms with van der Waals surface area (Å²) in [5, 5.41) is 17.6. The van der Waals surface area contributed by atoms with Crippen LogP contribution >= 0.6 is 15.9 Å². The number of nitrogens with zero attached hydrogens (tertiary/aromatic N) is 3. The summed E-state index contributed by atoms with van der Waals surface area (Å²) in [6.45, 7) is 2.07. The second kappa shape index (κ2) is 12.8. The molecule has 4 aromatic rings. The molecule has 0 aliphatic rings. The fourth-order valence-electron chi connectivity index (χ4n) is 3.99. The number of rotatable bonds is 11. The van der Waals surface area contributed by atoms with Gasteiger partial charge in [0.25, 0.3) is 5.69 Å². The number of nitro groups is 1. The second-order valence-electron chi connectivity index (χ2n) is 8.84. The van der Waals surface area contributed by atoms with Crippen molar-refractivity contribution in [3.05, 3.63) is 134 Å². The maximum Gasteiger partial charge on any atom is 0.269 e. The summed E-state index contributed by atoms with van der Waals surface area (Å²) in [5.74, 6) is 0. The number of nitro benzene ring substituents is 1. The number of hydrogen-bond acceptors (Lipinski definition) is 6. The average molecular weight is 608 g/mol. The van der Waals surface area contributed by atoms with Crippen LogP contribution in [-0.2, 0) is 10.0 Å². The number of sulfonamides is 1. The van der Waals surface area contributed by atoms with E-state index >= 15 is 0 Å². The number of hydrogen-bond donors (Lipinski definition) is 1. The van der Waals surface area contributed by atoms with Gasteiger partial charge in [-0.15, -0.1) is 0 Å². The van der Waals surface area contributed by atoms with Crippen LogP contribution < -0.4 is 9.73 Å². The van der Waals surface area contributed by atoms with Crippen LogP contribution in [-0.4, -0.2) is 26.1 Å². The summed E-state index contributed by atoms with van der Waals surface area (Å²) in [6.07, 6.45) is 2.05. The van der Waals surface area contributed by atoms with Gasteiger partial charge in [0.15, 0.2) is 0 Å². The van der Waals surface area contributed by atoms with Crippen molar-refractivity contribution in [2.45, 2.75) is 24.3 Å². The Bertz CT molecular complexity index is 1540. The van der Waals surface area contributed by atoms with Gasteiger partial charge in [0.2, 0.25) is 10.0 Å². The molecule has 0 aliphatic carbocycles. The Hall–Kier alpha value is -3.86. The van der Waals surface area contributed by atoms with E-state index in [1.54, 1.807) is 42.6 Å². The standard InChI is InChI=1S/C29H27BrN4O4S/c1-22-10-16-28(17-11-22)39(37,38)32-19-18-29(24-6-5-7-25(30)20-24)33(26-8-3-2-4-9-26)31-21-23-12-14-27(15-13-23)34(35)36/h2-17,20-21,29,32H,18-19H2,1H3/b31-21+. The third-order valence-electron chi connectivity index (χ3n) is 6.03. The zero-order chi connectivity index (χ0) is 27.8. The summed E-state index contributed by atoms with van der Waals surface area (Å²) in [5.41, 5.74) is 3.41. The summed E-state index contributed by atoms with van der Waals surface area (Å²) in [4.78, 5) is 10.8. The van der Waals surface area contributed by atoms with Crippen LogP contribution in [0.2, 0.25) is 0 Å². The maximum atomic E-state index is 12.9. The molecule has 1 unspecified atom stereocenters. The lowest BCUT2D eigenvalue weighted by molar-refractivity contribution is -0.384. The van der Waals surface area contributed by atoms with Crippen LogP contribution in [0.25, 0.3) is 0 Å². The van der Waals surface area contributed by atoms with E-state index in [1.165, 1.54) is 12.1 Å². The Morgan fingerprint density at radius 3 is 2.31 bits per heavy atom. The van der Waals surface area contributed by atoms with E-state index in [-0.39, 0.29) is 23.2 Å². The predicted molar refractivity (Wildman–Crippen MR) is 157 cm³/mol. The topological polar surface area (TPSA) is 105 Å². The quantitative estimate of drug-likeness (QED) is 0.117. The molecule has 0 aliphatic heterocycles. The summed E-state index contributed by atoms with van der Waals surface area (Å²) >= 11 is 3.54. The molecule has 0 fully saturated rings. The molecule has 8 nitrogen and oxygen atoms in total. The van der Waals surface area contributed by atoms with Crippen LogP contribution in [0.5, 0.6) is 0 Å². The Kier molecular flexibility index (Phi) is 9.23. The molecule has 1 N–H and O–H groups in total. The van der Waals surface area contributed by atoms with Crippen LogP contribution in [0.15, 0.2) is 118 Å². The lowest BCUT2D eigenvalue weighted by Crippen LogP contribution is -2.30. The minimum absolute atomic E-state index is 0.0000573. The van der Waals surface area contributed by atoms with E-state index in [0.29, 0.717) is 12.0 Å². The van der Waals surface area contributed by atoms with Gasteiger partial charge in [0, 0.05) is 23.2 Å². The van der Waals surface area contributed by atoms with Gasteiger partial charge in [-0.25, -0.2) is 13.1 Å². The molecule has 39 heavy (non-hydrogen) atoms. The molecule has 4 aromatic carbocycles. The molecule has 0 amide bonds. The number of non-ortho nitro benzene ring substituents is 1.